The monoisotopic (exact) mass is 376 g/mol. The number of methoxy groups -OCH3 is 1. The summed E-state index contributed by atoms with van der Waals surface area (Å²) in [7, 11) is 1.61. The van der Waals surface area contributed by atoms with E-state index in [-0.39, 0.29) is 11.8 Å². The van der Waals surface area contributed by atoms with Crippen molar-refractivity contribution in [3.8, 4) is 5.75 Å². The van der Waals surface area contributed by atoms with Crippen LogP contribution in [0.3, 0.4) is 0 Å². The van der Waals surface area contributed by atoms with Crippen molar-refractivity contribution in [1.82, 2.24) is 4.98 Å². The first-order valence-corrected chi connectivity index (χ1v) is 8.58. The van der Waals surface area contributed by atoms with Crippen LogP contribution in [-0.4, -0.2) is 23.9 Å². The topological polar surface area (TPSA) is 92.3 Å². The van der Waals surface area contributed by atoms with Gasteiger partial charge in [-0.3, -0.25) is 14.6 Å². The number of hydrogen-bond acceptors (Lipinski definition) is 5. The summed E-state index contributed by atoms with van der Waals surface area (Å²) in [6.07, 6.45) is 3.13. The van der Waals surface area contributed by atoms with Gasteiger partial charge in [-0.15, -0.1) is 0 Å². The van der Waals surface area contributed by atoms with Crippen LogP contribution in [0.1, 0.15) is 17.3 Å². The van der Waals surface area contributed by atoms with Crippen LogP contribution < -0.4 is 20.7 Å². The number of carbonyl (C=O) groups excluding carboxylic acids is 2. The molecule has 0 saturated heterocycles. The molecule has 3 rings (SSSR count). The van der Waals surface area contributed by atoms with Crippen LogP contribution >= 0.6 is 0 Å². The predicted molar refractivity (Wildman–Crippen MR) is 109 cm³/mol. The largest absolute Gasteiger partial charge is 0.497 e. The Hall–Kier alpha value is -3.87. The second-order valence-electron chi connectivity index (χ2n) is 6.03. The molecule has 0 saturated carbocycles. The highest BCUT2D eigenvalue weighted by Gasteiger charge is 2.09. The highest BCUT2D eigenvalue weighted by atomic mass is 16.5. The molecule has 7 heteroatoms. The zero-order valence-electron chi connectivity index (χ0n) is 15.5. The Morgan fingerprint density at radius 3 is 2.25 bits per heavy atom. The summed E-state index contributed by atoms with van der Waals surface area (Å²) in [5, 5.41) is 8.68. The zero-order valence-corrected chi connectivity index (χ0v) is 15.5. The minimum Gasteiger partial charge on any atom is -0.497 e. The molecule has 1 heterocycles. The molecule has 0 radical (unpaired) electrons. The van der Waals surface area contributed by atoms with Gasteiger partial charge in [-0.2, -0.15) is 0 Å². The maximum absolute atomic E-state index is 12.6. The molecule has 1 aromatic heterocycles. The van der Waals surface area contributed by atoms with Crippen LogP contribution in [0.4, 0.5) is 22.7 Å². The van der Waals surface area contributed by atoms with Gasteiger partial charge in [0.05, 0.1) is 24.6 Å². The highest BCUT2D eigenvalue weighted by Crippen LogP contribution is 2.21. The number of rotatable bonds is 6. The van der Waals surface area contributed by atoms with E-state index in [9.17, 15) is 9.59 Å². The van der Waals surface area contributed by atoms with E-state index in [1.807, 2.05) is 24.3 Å². The molecular weight excluding hydrogens is 356 g/mol. The molecular formula is C21H20N4O3. The molecule has 2 aromatic carbocycles. The van der Waals surface area contributed by atoms with Crippen molar-refractivity contribution in [3.63, 3.8) is 0 Å². The maximum atomic E-state index is 12.6. The van der Waals surface area contributed by atoms with Crippen molar-refractivity contribution in [1.29, 1.82) is 0 Å². The fourth-order valence-electron chi connectivity index (χ4n) is 2.55. The molecule has 3 N–H and O–H groups in total. The highest BCUT2D eigenvalue weighted by molar-refractivity contribution is 6.05. The molecule has 0 bridgehead atoms. The lowest BCUT2D eigenvalue weighted by atomic mass is 10.2. The molecule has 7 nitrogen and oxygen atoms in total. The average molecular weight is 376 g/mol. The minimum atomic E-state index is -0.300. The molecule has 28 heavy (non-hydrogen) atoms. The molecule has 0 aliphatic rings. The van der Waals surface area contributed by atoms with Crippen molar-refractivity contribution < 1.29 is 14.3 Å². The first-order valence-electron chi connectivity index (χ1n) is 8.58. The number of nitrogens with zero attached hydrogens (tertiary/aromatic N) is 1. The van der Waals surface area contributed by atoms with Gasteiger partial charge < -0.3 is 20.7 Å². The Bertz CT molecular complexity index is 987. The molecule has 3 aromatic rings. The lowest BCUT2D eigenvalue weighted by Gasteiger charge is -2.10. The SMILES string of the molecule is COc1ccc(Nc2cncc(C(=O)Nc3cccc(NC(C)=O)c3)c2)cc1. The van der Waals surface area contributed by atoms with Crippen molar-refractivity contribution in [2.75, 3.05) is 23.1 Å². The van der Waals surface area contributed by atoms with Crippen molar-refractivity contribution >= 4 is 34.6 Å². The summed E-state index contributed by atoms with van der Waals surface area (Å²) >= 11 is 0. The van der Waals surface area contributed by atoms with E-state index in [0.29, 0.717) is 22.6 Å². The van der Waals surface area contributed by atoms with Gasteiger partial charge in [0.1, 0.15) is 5.75 Å². The summed E-state index contributed by atoms with van der Waals surface area (Å²) in [6, 6.07) is 16.1. The predicted octanol–water partition coefficient (Wildman–Crippen LogP) is 4.04. The van der Waals surface area contributed by atoms with Crippen LogP contribution in [0.15, 0.2) is 67.0 Å². The normalized spacial score (nSPS) is 10.1. The summed E-state index contributed by atoms with van der Waals surface area (Å²) < 4.78 is 5.14. The standard InChI is InChI=1S/C21H20N4O3/c1-14(26)23-17-4-3-5-18(11-17)25-21(27)15-10-19(13-22-12-15)24-16-6-8-20(28-2)9-7-16/h3-13,24H,1-2H3,(H,23,26)(H,25,27). The molecule has 0 aliphatic heterocycles. The molecule has 2 amide bonds. The molecule has 0 aliphatic carbocycles. The van der Waals surface area contributed by atoms with Gasteiger partial charge in [0.25, 0.3) is 5.91 Å². The maximum Gasteiger partial charge on any atom is 0.257 e. The fourth-order valence-corrected chi connectivity index (χ4v) is 2.55. The van der Waals surface area contributed by atoms with Gasteiger partial charge in [0, 0.05) is 30.2 Å². The second kappa shape index (κ2) is 8.68. The Balaban J connectivity index is 1.70. The number of hydrogen-bond donors (Lipinski definition) is 3. The number of aromatic nitrogens is 1. The van der Waals surface area contributed by atoms with Crippen molar-refractivity contribution in [2.24, 2.45) is 0 Å². The van der Waals surface area contributed by atoms with Gasteiger partial charge in [-0.25, -0.2) is 0 Å². The van der Waals surface area contributed by atoms with E-state index in [1.54, 1.807) is 43.6 Å². The lowest BCUT2D eigenvalue weighted by Crippen LogP contribution is -2.13. The lowest BCUT2D eigenvalue weighted by molar-refractivity contribution is -0.114. The van der Waals surface area contributed by atoms with Crippen LogP contribution in [0.25, 0.3) is 0 Å². The van der Waals surface area contributed by atoms with Crippen LogP contribution in [0, 0.1) is 0 Å². The molecule has 0 unspecified atom stereocenters. The van der Waals surface area contributed by atoms with Crippen molar-refractivity contribution in [2.45, 2.75) is 6.92 Å². The van der Waals surface area contributed by atoms with Gasteiger partial charge in [0.2, 0.25) is 5.91 Å². The second-order valence-corrected chi connectivity index (χ2v) is 6.03. The van der Waals surface area contributed by atoms with E-state index >= 15 is 0 Å². The van der Waals surface area contributed by atoms with Crippen LogP contribution in [0.2, 0.25) is 0 Å². The minimum absolute atomic E-state index is 0.176. The van der Waals surface area contributed by atoms with Gasteiger partial charge in [-0.05, 0) is 48.5 Å². The first kappa shape index (κ1) is 18.9. The molecule has 0 atom stereocenters. The third kappa shape index (κ3) is 5.07. The number of ether oxygens (including phenoxy) is 1. The Labute approximate surface area is 162 Å². The van der Waals surface area contributed by atoms with Gasteiger partial charge in [-0.1, -0.05) is 6.07 Å². The Kier molecular flexibility index (Phi) is 5.86. The van der Waals surface area contributed by atoms with Crippen LogP contribution in [-0.2, 0) is 4.79 Å². The third-order valence-electron chi connectivity index (χ3n) is 3.82. The van der Waals surface area contributed by atoms with Crippen LogP contribution in [0.5, 0.6) is 5.75 Å². The summed E-state index contributed by atoms with van der Waals surface area (Å²) in [6.45, 7) is 1.43. The number of benzene rings is 2. The molecule has 142 valence electrons. The fraction of sp³-hybridized carbons (Fsp3) is 0.0952. The van der Waals surface area contributed by atoms with Gasteiger partial charge >= 0.3 is 0 Å². The zero-order chi connectivity index (χ0) is 19.9. The number of nitrogens with one attached hydrogen (secondary N) is 3. The number of anilines is 4. The quantitative estimate of drug-likeness (QED) is 0.604. The molecule has 0 fully saturated rings. The van der Waals surface area contributed by atoms with E-state index in [2.05, 4.69) is 20.9 Å². The Morgan fingerprint density at radius 1 is 0.857 bits per heavy atom. The summed E-state index contributed by atoms with van der Waals surface area (Å²) in [5.41, 5.74) is 3.12. The number of amides is 2. The van der Waals surface area contributed by atoms with E-state index in [0.717, 1.165) is 11.4 Å². The van der Waals surface area contributed by atoms with Gasteiger partial charge in [0.15, 0.2) is 0 Å². The summed E-state index contributed by atoms with van der Waals surface area (Å²) in [4.78, 5) is 27.9. The number of carbonyl (C=O) groups is 2. The first-order chi connectivity index (χ1) is 13.5. The van der Waals surface area contributed by atoms with E-state index in [1.165, 1.54) is 13.1 Å². The average Bonchev–Trinajstić information content (AvgIpc) is 2.68. The molecule has 0 spiro atoms. The summed E-state index contributed by atoms with van der Waals surface area (Å²) in [5.74, 6) is 0.286. The van der Waals surface area contributed by atoms with Crippen molar-refractivity contribution in [3.05, 3.63) is 72.6 Å². The Morgan fingerprint density at radius 2 is 1.57 bits per heavy atom. The van der Waals surface area contributed by atoms with E-state index in [4.69, 9.17) is 4.74 Å². The smallest absolute Gasteiger partial charge is 0.257 e. The van der Waals surface area contributed by atoms with E-state index < -0.39 is 0 Å². The third-order valence-corrected chi connectivity index (χ3v) is 3.82. The number of pyridine rings is 1.